The molecule has 3 N–H and O–H groups in total. The van der Waals surface area contributed by atoms with E-state index in [-0.39, 0.29) is 6.54 Å². The Morgan fingerprint density at radius 3 is 2.28 bits per heavy atom. The maximum Gasteiger partial charge on any atom is 0.102 e. The lowest BCUT2D eigenvalue weighted by atomic mass is 9.82. The molecule has 0 heterocycles. The van der Waals surface area contributed by atoms with Gasteiger partial charge in [0.15, 0.2) is 0 Å². The normalized spacial score (nSPS) is 20.6. The second-order valence-corrected chi connectivity index (χ2v) is 5.55. The summed E-state index contributed by atoms with van der Waals surface area (Å²) in [5.74, 6) is 0.723. The van der Waals surface area contributed by atoms with Crippen molar-refractivity contribution in [2.45, 2.75) is 57.0 Å². The van der Waals surface area contributed by atoms with Crippen molar-refractivity contribution in [3.05, 3.63) is 35.4 Å². The molecule has 1 unspecified atom stereocenters. The molecule has 0 aliphatic heterocycles. The van der Waals surface area contributed by atoms with Crippen LogP contribution in [0.3, 0.4) is 0 Å². The Kier molecular flexibility index (Phi) is 4.41. The lowest BCUT2D eigenvalue weighted by molar-refractivity contribution is 0.0418. The van der Waals surface area contributed by atoms with Crippen molar-refractivity contribution < 1.29 is 5.11 Å². The van der Waals surface area contributed by atoms with Gasteiger partial charge >= 0.3 is 0 Å². The highest BCUT2D eigenvalue weighted by atomic mass is 16.3. The fraction of sp³-hybridized carbons (Fsp3) is 0.625. The zero-order valence-corrected chi connectivity index (χ0v) is 11.4. The van der Waals surface area contributed by atoms with Gasteiger partial charge in [-0.2, -0.15) is 0 Å². The van der Waals surface area contributed by atoms with Gasteiger partial charge in [0.25, 0.3) is 0 Å². The maximum absolute atomic E-state index is 10.4. The molecule has 0 bridgehead atoms. The lowest BCUT2D eigenvalue weighted by Gasteiger charge is -2.27. The molecule has 100 valence electrons. The smallest absolute Gasteiger partial charge is 0.102 e. The molecular formula is C16H25NO. The minimum Gasteiger partial charge on any atom is -0.384 e. The summed E-state index contributed by atoms with van der Waals surface area (Å²) in [6, 6.07) is 8.48. The topological polar surface area (TPSA) is 46.2 Å². The van der Waals surface area contributed by atoms with Crippen LogP contribution >= 0.6 is 0 Å². The highest BCUT2D eigenvalue weighted by Crippen LogP contribution is 2.33. The third-order valence-corrected chi connectivity index (χ3v) is 4.45. The summed E-state index contributed by atoms with van der Waals surface area (Å²) in [6.45, 7) is 2.26. The zero-order valence-electron chi connectivity index (χ0n) is 11.4. The summed E-state index contributed by atoms with van der Waals surface area (Å²) in [5.41, 5.74) is 7.20. The van der Waals surface area contributed by atoms with Gasteiger partial charge in [-0.3, -0.25) is 0 Å². The van der Waals surface area contributed by atoms with Crippen LogP contribution < -0.4 is 5.73 Å². The fourth-order valence-corrected chi connectivity index (χ4v) is 2.97. The van der Waals surface area contributed by atoms with Crippen LogP contribution in [0.15, 0.2) is 24.3 Å². The lowest BCUT2D eigenvalue weighted by Crippen LogP contribution is -2.34. The molecular weight excluding hydrogens is 222 g/mol. The average molecular weight is 247 g/mol. The van der Waals surface area contributed by atoms with E-state index in [0.717, 1.165) is 11.5 Å². The Morgan fingerprint density at radius 2 is 1.78 bits per heavy atom. The molecule has 1 atom stereocenters. The Bertz CT molecular complexity index is 361. The predicted octanol–water partition coefficient (Wildman–Crippen LogP) is 3.29. The summed E-state index contributed by atoms with van der Waals surface area (Å²) in [5, 5.41) is 10.4. The first-order chi connectivity index (χ1) is 8.69. The first-order valence-corrected chi connectivity index (χ1v) is 7.22. The Morgan fingerprint density at radius 1 is 1.17 bits per heavy atom. The maximum atomic E-state index is 10.4. The van der Waals surface area contributed by atoms with Gasteiger partial charge in [0, 0.05) is 6.54 Å². The van der Waals surface area contributed by atoms with E-state index in [9.17, 15) is 5.11 Å². The van der Waals surface area contributed by atoms with Gasteiger partial charge in [-0.15, -0.1) is 0 Å². The molecule has 0 saturated heterocycles. The number of hydrogen-bond acceptors (Lipinski definition) is 2. The third kappa shape index (κ3) is 2.76. The van der Waals surface area contributed by atoms with Crippen molar-refractivity contribution in [2.75, 3.05) is 6.54 Å². The quantitative estimate of drug-likeness (QED) is 0.857. The molecule has 2 nitrogen and oxygen atoms in total. The van der Waals surface area contributed by atoms with E-state index in [2.05, 4.69) is 24.3 Å². The van der Waals surface area contributed by atoms with E-state index in [1.807, 2.05) is 6.92 Å². The molecule has 2 heteroatoms. The molecule has 1 fully saturated rings. The van der Waals surface area contributed by atoms with E-state index >= 15 is 0 Å². The van der Waals surface area contributed by atoms with Crippen molar-refractivity contribution in [3.63, 3.8) is 0 Å². The summed E-state index contributed by atoms with van der Waals surface area (Å²) < 4.78 is 0. The Balaban J connectivity index is 2.14. The van der Waals surface area contributed by atoms with Crippen LogP contribution in [0.5, 0.6) is 0 Å². The number of hydrogen-bond donors (Lipinski definition) is 2. The first-order valence-electron chi connectivity index (χ1n) is 7.22. The second kappa shape index (κ2) is 5.85. The van der Waals surface area contributed by atoms with Gasteiger partial charge in [-0.1, -0.05) is 50.5 Å². The van der Waals surface area contributed by atoms with Crippen LogP contribution in [0.25, 0.3) is 0 Å². The van der Waals surface area contributed by atoms with Gasteiger partial charge in [0.2, 0.25) is 0 Å². The van der Waals surface area contributed by atoms with Crippen LogP contribution in [0.2, 0.25) is 0 Å². The molecule has 0 spiro atoms. The molecule has 1 aliphatic carbocycles. The molecule has 18 heavy (non-hydrogen) atoms. The van der Waals surface area contributed by atoms with Crippen LogP contribution in [0.1, 0.15) is 62.5 Å². The van der Waals surface area contributed by atoms with E-state index < -0.39 is 5.60 Å². The molecule has 0 radical (unpaired) electrons. The highest BCUT2D eigenvalue weighted by Gasteiger charge is 2.25. The summed E-state index contributed by atoms with van der Waals surface area (Å²) in [6.07, 6.45) is 7.38. The van der Waals surface area contributed by atoms with E-state index in [4.69, 9.17) is 5.73 Å². The predicted molar refractivity (Wildman–Crippen MR) is 75.5 cm³/mol. The molecule has 2 rings (SSSR count). The minimum atomic E-state index is -0.856. The van der Waals surface area contributed by atoms with Crippen LogP contribution in [0, 0.1) is 0 Å². The van der Waals surface area contributed by atoms with Crippen LogP contribution in [-0.4, -0.2) is 11.7 Å². The minimum absolute atomic E-state index is 0.284. The van der Waals surface area contributed by atoms with E-state index in [0.29, 0.717) is 6.42 Å². The SMILES string of the molecule is CCC(O)(CN)c1ccc(C2CCCCC2)cc1. The monoisotopic (exact) mass is 247 g/mol. The average Bonchev–Trinajstić information content (AvgIpc) is 2.47. The first kappa shape index (κ1) is 13.6. The Labute approximate surface area is 110 Å². The molecule has 1 saturated carbocycles. The third-order valence-electron chi connectivity index (χ3n) is 4.45. The van der Waals surface area contributed by atoms with Crippen LogP contribution in [0.4, 0.5) is 0 Å². The summed E-state index contributed by atoms with van der Waals surface area (Å²) in [4.78, 5) is 0. The van der Waals surface area contributed by atoms with E-state index in [1.54, 1.807) is 0 Å². The molecule has 1 aliphatic rings. The second-order valence-electron chi connectivity index (χ2n) is 5.55. The van der Waals surface area contributed by atoms with Crippen molar-refractivity contribution in [3.8, 4) is 0 Å². The van der Waals surface area contributed by atoms with Crippen molar-refractivity contribution in [2.24, 2.45) is 5.73 Å². The van der Waals surface area contributed by atoms with Crippen molar-refractivity contribution in [1.82, 2.24) is 0 Å². The highest BCUT2D eigenvalue weighted by molar-refractivity contribution is 5.29. The summed E-state index contributed by atoms with van der Waals surface area (Å²) >= 11 is 0. The van der Waals surface area contributed by atoms with Gasteiger partial charge in [-0.25, -0.2) is 0 Å². The number of benzene rings is 1. The fourth-order valence-electron chi connectivity index (χ4n) is 2.97. The standard InChI is InChI=1S/C16H25NO/c1-2-16(18,12-17)15-10-8-14(9-11-15)13-6-4-3-5-7-13/h8-11,13,18H,2-7,12,17H2,1H3. The molecule has 0 amide bonds. The van der Waals surface area contributed by atoms with Gasteiger partial charge in [0.1, 0.15) is 5.60 Å². The Hall–Kier alpha value is -0.860. The summed E-state index contributed by atoms with van der Waals surface area (Å²) in [7, 11) is 0. The number of aliphatic hydroxyl groups is 1. The molecule has 1 aromatic rings. The van der Waals surface area contributed by atoms with Gasteiger partial charge in [0.05, 0.1) is 0 Å². The van der Waals surface area contributed by atoms with Gasteiger partial charge in [-0.05, 0) is 36.3 Å². The van der Waals surface area contributed by atoms with Crippen molar-refractivity contribution in [1.29, 1.82) is 0 Å². The number of nitrogens with two attached hydrogens (primary N) is 1. The number of rotatable bonds is 4. The molecule has 0 aromatic heterocycles. The van der Waals surface area contributed by atoms with E-state index in [1.165, 1.54) is 37.7 Å². The molecule has 1 aromatic carbocycles. The zero-order chi connectivity index (χ0) is 13.0. The van der Waals surface area contributed by atoms with Crippen LogP contribution in [-0.2, 0) is 5.60 Å². The largest absolute Gasteiger partial charge is 0.384 e. The van der Waals surface area contributed by atoms with Gasteiger partial charge < -0.3 is 10.8 Å². The van der Waals surface area contributed by atoms with Crippen molar-refractivity contribution >= 4 is 0 Å².